The third kappa shape index (κ3) is 2.74. The molecule has 3 aromatic rings. The standard InChI is InChI=1S/C23H24NO5/c1-4-26-22-17-12-24-9-8-14-10-19-20(29-13-28-19)11-16(14)21(24)23(27-5-2)15(17)6-7-18(22)25-3/h6-7,10-12H,4-5,8-9,13H2,1-3H3/q+1. The molecule has 0 saturated heterocycles. The summed E-state index contributed by atoms with van der Waals surface area (Å²) in [6.45, 7) is 6.24. The molecule has 2 aliphatic heterocycles. The molecule has 0 spiro atoms. The summed E-state index contributed by atoms with van der Waals surface area (Å²) in [6, 6.07) is 8.16. The quantitative estimate of drug-likeness (QED) is 0.615. The zero-order valence-corrected chi connectivity index (χ0v) is 16.9. The van der Waals surface area contributed by atoms with Crippen LogP contribution in [0.4, 0.5) is 0 Å². The van der Waals surface area contributed by atoms with Crippen molar-refractivity contribution in [2.75, 3.05) is 27.1 Å². The van der Waals surface area contributed by atoms with Crippen molar-refractivity contribution in [2.45, 2.75) is 26.8 Å². The number of hydrogen-bond acceptors (Lipinski definition) is 5. The fourth-order valence-electron chi connectivity index (χ4n) is 4.23. The highest BCUT2D eigenvalue weighted by Gasteiger charge is 2.33. The molecular weight excluding hydrogens is 370 g/mol. The van der Waals surface area contributed by atoms with Gasteiger partial charge in [0.15, 0.2) is 41.5 Å². The first-order chi connectivity index (χ1) is 14.2. The number of methoxy groups -OCH3 is 1. The summed E-state index contributed by atoms with van der Waals surface area (Å²) >= 11 is 0. The minimum absolute atomic E-state index is 0.270. The highest BCUT2D eigenvalue weighted by molar-refractivity contribution is 5.97. The van der Waals surface area contributed by atoms with Gasteiger partial charge >= 0.3 is 0 Å². The van der Waals surface area contributed by atoms with E-state index in [1.165, 1.54) is 5.56 Å². The highest BCUT2D eigenvalue weighted by atomic mass is 16.7. The predicted molar refractivity (Wildman–Crippen MR) is 108 cm³/mol. The number of fused-ring (bicyclic) bond motifs is 5. The van der Waals surface area contributed by atoms with Crippen molar-refractivity contribution in [3.8, 4) is 40.0 Å². The van der Waals surface area contributed by atoms with Gasteiger partial charge in [0, 0.05) is 11.8 Å². The summed E-state index contributed by atoms with van der Waals surface area (Å²) in [5, 5.41) is 2.00. The number of benzene rings is 2. The summed E-state index contributed by atoms with van der Waals surface area (Å²) in [4.78, 5) is 0. The fourth-order valence-corrected chi connectivity index (χ4v) is 4.23. The Morgan fingerprint density at radius 3 is 2.48 bits per heavy atom. The summed E-state index contributed by atoms with van der Waals surface area (Å²) < 4.78 is 31.2. The Morgan fingerprint density at radius 1 is 0.966 bits per heavy atom. The molecule has 0 unspecified atom stereocenters. The third-order valence-corrected chi connectivity index (χ3v) is 5.46. The largest absolute Gasteiger partial charge is 0.493 e. The van der Waals surface area contributed by atoms with Gasteiger partial charge in [0.05, 0.1) is 31.3 Å². The van der Waals surface area contributed by atoms with E-state index in [4.69, 9.17) is 23.7 Å². The second-order valence-electron chi connectivity index (χ2n) is 7.04. The number of pyridine rings is 1. The van der Waals surface area contributed by atoms with Gasteiger partial charge in [-0.1, -0.05) is 0 Å². The van der Waals surface area contributed by atoms with Crippen LogP contribution in [0.3, 0.4) is 0 Å². The van der Waals surface area contributed by atoms with Gasteiger partial charge in [-0.15, -0.1) is 0 Å². The normalized spacial score (nSPS) is 13.8. The van der Waals surface area contributed by atoms with Crippen molar-refractivity contribution in [3.63, 3.8) is 0 Å². The Bertz CT molecular complexity index is 1110. The van der Waals surface area contributed by atoms with Crippen LogP contribution in [0.5, 0.6) is 28.7 Å². The maximum Gasteiger partial charge on any atom is 0.256 e. The Hall–Kier alpha value is -3.15. The van der Waals surface area contributed by atoms with E-state index in [1.54, 1.807) is 7.11 Å². The Balaban J connectivity index is 1.81. The second kappa shape index (κ2) is 7.03. The lowest BCUT2D eigenvalue weighted by atomic mass is 9.94. The molecule has 0 N–H and O–H groups in total. The molecule has 2 aromatic carbocycles. The van der Waals surface area contributed by atoms with Crippen LogP contribution < -0.4 is 28.3 Å². The number of ether oxygens (including phenoxy) is 5. The zero-order chi connectivity index (χ0) is 20.0. The lowest BCUT2D eigenvalue weighted by Crippen LogP contribution is -2.40. The Morgan fingerprint density at radius 2 is 1.72 bits per heavy atom. The van der Waals surface area contributed by atoms with Gasteiger partial charge in [-0.3, -0.25) is 0 Å². The van der Waals surface area contributed by atoms with Gasteiger partial charge in [0.1, 0.15) is 0 Å². The minimum atomic E-state index is 0.270. The van der Waals surface area contributed by atoms with E-state index in [1.807, 2.05) is 26.0 Å². The lowest BCUT2D eigenvalue weighted by Gasteiger charge is -2.20. The van der Waals surface area contributed by atoms with Gasteiger partial charge in [-0.05, 0) is 43.7 Å². The molecule has 0 radical (unpaired) electrons. The van der Waals surface area contributed by atoms with Gasteiger partial charge in [-0.2, -0.15) is 4.57 Å². The minimum Gasteiger partial charge on any atom is -0.493 e. The van der Waals surface area contributed by atoms with E-state index < -0.39 is 0 Å². The van der Waals surface area contributed by atoms with Gasteiger partial charge in [0.2, 0.25) is 6.79 Å². The van der Waals surface area contributed by atoms with Crippen molar-refractivity contribution in [1.82, 2.24) is 0 Å². The van der Waals surface area contributed by atoms with Crippen molar-refractivity contribution >= 4 is 10.8 Å². The molecular formula is C23H24NO5+. The van der Waals surface area contributed by atoms with Crippen LogP contribution in [-0.4, -0.2) is 27.1 Å². The molecule has 2 aliphatic rings. The van der Waals surface area contributed by atoms with E-state index in [0.717, 1.165) is 63.7 Å². The van der Waals surface area contributed by atoms with Crippen LogP contribution >= 0.6 is 0 Å². The van der Waals surface area contributed by atoms with Crippen molar-refractivity contribution in [2.24, 2.45) is 0 Å². The highest BCUT2D eigenvalue weighted by Crippen LogP contribution is 2.46. The fraction of sp³-hybridized carbons (Fsp3) is 0.348. The maximum atomic E-state index is 6.21. The topological polar surface area (TPSA) is 50.0 Å². The van der Waals surface area contributed by atoms with E-state index in [9.17, 15) is 0 Å². The first-order valence-electron chi connectivity index (χ1n) is 10.0. The Kier molecular flexibility index (Phi) is 4.34. The Labute approximate surface area is 169 Å². The summed E-state index contributed by atoms with van der Waals surface area (Å²) in [7, 11) is 1.66. The summed E-state index contributed by atoms with van der Waals surface area (Å²) in [6.07, 6.45) is 3.06. The lowest BCUT2D eigenvalue weighted by molar-refractivity contribution is -0.686. The molecule has 29 heavy (non-hydrogen) atoms. The van der Waals surface area contributed by atoms with Crippen LogP contribution in [0.2, 0.25) is 0 Å². The molecule has 3 heterocycles. The smallest absolute Gasteiger partial charge is 0.256 e. The predicted octanol–water partition coefficient (Wildman–Crippen LogP) is 3.89. The molecule has 1 aromatic heterocycles. The number of aryl methyl sites for hydroxylation is 2. The first kappa shape index (κ1) is 17.9. The molecule has 0 fully saturated rings. The molecule has 0 saturated carbocycles. The first-order valence-corrected chi connectivity index (χ1v) is 10.0. The number of rotatable bonds is 5. The van der Waals surface area contributed by atoms with E-state index in [0.29, 0.717) is 13.2 Å². The number of nitrogens with zero attached hydrogens (tertiary/aromatic N) is 1. The maximum absolute atomic E-state index is 6.21. The molecule has 150 valence electrons. The van der Waals surface area contributed by atoms with Gasteiger partial charge in [0.25, 0.3) is 5.69 Å². The molecule has 0 bridgehead atoms. The summed E-state index contributed by atoms with van der Waals surface area (Å²) in [5.74, 6) is 3.93. The van der Waals surface area contributed by atoms with Gasteiger partial charge < -0.3 is 23.7 Å². The van der Waals surface area contributed by atoms with Crippen molar-refractivity contribution < 1.29 is 28.3 Å². The average molecular weight is 394 g/mol. The molecule has 0 aliphatic carbocycles. The number of hydrogen-bond donors (Lipinski definition) is 0. The zero-order valence-electron chi connectivity index (χ0n) is 16.9. The molecule has 0 atom stereocenters. The second-order valence-corrected chi connectivity index (χ2v) is 7.04. The molecule has 0 amide bonds. The monoisotopic (exact) mass is 394 g/mol. The van der Waals surface area contributed by atoms with Crippen molar-refractivity contribution in [3.05, 3.63) is 36.0 Å². The van der Waals surface area contributed by atoms with Crippen LogP contribution in [0, 0.1) is 0 Å². The molecule has 5 rings (SSSR count). The summed E-state index contributed by atoms with van der Waals surface area (Å²) in [5.41, 5.74) is 3.43. The third-order valence-electron chi connectivity index (χ3n) is 5.46. The molecule has 6 heteroatoms. The van der Waals surface area contributed by atoms with E-state index in [-0.39, 0.29) is 6.79 Å². The molecule has 6 nitrogen and oxygen atoms in total. The average Bonchev–Trinajstić information content (AvgIpc) is 3.20. The van der Waals surface area contributed by atoms with Gasteiger partial charge in [-0.25, -0.2) is 0 Å². The number of aromatic nitrogens is 1. The van der Waals surface area contributed by atoms with Crippen LogP contribution in [0.15, 0.2) is 30.5 Å². The van der Waals surface area contributed by atoms with E-state index in [2.05, 4.69) is 22.9 Å². The van der Waals surface area contributed by atoms with Crippen molar-refractivity contribution in [1.29, 1.82) is 0 Å². The van der Waals surface area contributed by atoms with E-state index >= 15 is 0 Å². The van der Waals surface area contributed by atoms with Crippen LogP contribution in [0.25, 0.3) is 22.0 Å². The van der Waals surface area contributed by atoms with Crippen LogP contribution in [0.1, 0.15) is 19.4 Å². The SMILES string of the molecule is CCOc1c(OC)ccc2c(OCC)c3[n+](cc12)CCc1cc2c(cc1-3)OCO2. The van der Waals surface area contributed by atoms with Crippen LogP contribution in [-0.2, 0) is 13.0 Å².